The van der Waals surface area contributed by atoms with Crippen LogP contribution in [-0.2, 0) is 0 Å². The standard InChI is InChI=1S/C45H26N4OS/c1-5-18-36-30(13-1)31-14-2-6-19-37(31)49(36)29-12-9-11-27(25-29)43-46-44(28-23-24-41-35(26-28)32-15-4-8-22-40(32)51-41)48-45(47-43)34-17-10-21-39-42(34)33-16-3-7-20-38(33)50-39/h1-26H. The van der Waals surface area contributed by atoms with Gasteiger partial charge in [-0.05, 0) is 60.7 Å². The summed E-state index contributed by atoms with van der Waals surface area (Å²) in [4.78, 5) is 15.6. The molecular weight excluding hydrogens is 645 g/mol. The number of rotatable bonds is 4. The number of furan rings is 1. The molecule has 0 atom stereocenters. The Morgan fingerprint density at radius 2 is 1.04 bits per heavy atom. The number of hydrogen-bond donors (Lipinski definition) is 0. The van der Waals surface area contributed by atoms with Crippen LogP contribution in [0.25, 0.3) is 104 Å². The van der Waals surface area contributed by atoms with Gasteiger partial charge in [-0.25, -0.2) is 15.0 Å². The fourth-order valence-corrected chi connectivity index (χ4v) is 8.65. The topological polar surface area (TPSA) is 56.7 Å². The molecule has 0 radical (unpaired) electrons. The number of benzene rings is 7. The van der Waals surface area contributed by atoms with Crippen molar-refractivity contribution in [1.82, 2.24) is 19.5 Å². The van der Waals surface area contributed by atoms with Crippen molar-refractivity contribution in [3.8, 4) is 39.9 Å². The quantitative estimate of drug-likeness (QED) is 0.187. The first-order chi connectivity index (χ1) is 25.3. The van der Waals surface area contributed by atoms with Gasteiger partial charge in [0.25, 0.3) is 0 Å². The van der Waals surface area contributed by atoms with Crippen molar-refractivity contribution in [2.75, 3.05) is 0 Å². The van der Waals surface area contributed by atoms with Gasteiger partial charge in [-0.3, -0.25) is 0 Å². The molecule has 7 aromatic carbocycles. The van der Waals surface area contributed by atoms with Crippen LogP contribution in [0.4, 0.5) is 0 Å². The Hall–Kier alpha value is -6.63. The third-order valence-electron chi connectivity index (χ3n) is 9.86. The lowest BCUT2D eigenvalue weighted by atomic mass is 10.0. The number of hydrogen-bond acceptors (Lipinski definition) is 5. The smallest absolute Gasteiger partial charge is 0.164 e. The molecule has 51 heavy (non-hydrogen) atoms. The van der Waals surface area contributed by atoms with Gasteiger partial charge in [-0.2, -0.15) is 0 Å². The van der Waals surface area contributed by atoms with Gasteiger partial charge in [-0.1, -0.05) is 97.1 Å². The first kappa shape index (κ1) is 28.2. The maximum atomic E-state index is 6.28. The van der Waals surface area contributed by atoms with Crippen LogP contribution in [0.2, 0.25) is 0 Å². The van der Waals surface area contributed by atoms with E-state index >= 15 is 0 Å². The van der Waals surface area contributed by atoms with Gasteiger partial charge < -0.3 is 8.98 Å². The van der Waals surface area contributed by atoms with Crippen LogP contribution in [0, 0.1) is 0 Å². The van der Waals surface area contributed by atoms with Gasteiger partial charge in [-0.15, -0.1) is 11.3 Å². The van der Waals surface area contributed by atoms with Gasteiger partial charge in [0.1, 0.15) is 11.2 Å². The molecule has 0 fully saturated rings. The lowest BCUT2D eigenvalue weighted by molar-refractivity contribution is 0.669. The number of nitrogens with zero attached hydrogens (tertiary/aromatic N) is 4. The monoisotopic (exact) mass is 670 g/mol. The molecule has 0 aliphatic heterocycles. The maximum Gasteiger partial charge on any atom is 0.164 e. The average molecular weight is 671 g/mol. The van der Waals surface area contributed by atoms with Crippen molar-refractivity contribution in [2.45, 2.75) is 0 Å². The number of aromatic nitrogens is 4. The Morgan fingerprint density at radius 3 is 1.84 bits per heavy atom. The molecule has 0 spiro atoms. The lowest BCUT2D eigenvalue weighted by Crippen LogP contribution is -2.01. The fourth-order valence-electron chi connectivity index (χ4n) is 7.57. The summed E-state index contributed by atoms with van der Waals surface area (Å²) in [6, 6.07) is 55.0. The minimum Gasteiger partial charge on any atom is -0.456 e. The van der Waals surface area contributed by atoms with E-state index in [1.807, 2.05) is 30.3 Å². The predicted molar refractivity (Wildman–Crippen MR) is 211 cm³/mol. The first-order valence-electron chi connectivity index (χ1n) is 16.9. The SMILES string of the molecule is c1cc(-c2nc(-c3ccc4sc5ccccc5c4c3)nc(-c3cccc4oc5ccccc5c34)n2)cc(-n2c3ccccc3c3ccccc32)c1. The Morgan fingerprint density at radius 1 is 0.431 bits per heavy atom. The zero-order valence-electron chi connectivity index (χ0n) is 27.1. The van der Waals surface area contributed by atoms with E-state index in [0.717, 1.165) is 55.3 Å². The third-order valence-corrected chi connectivity index (χ3v) is 11.0. The largest absolute Gasteiger partial charge is 0.456 e. The second-order valence-corrected chi connectivity index (χ2v) is 13.9. The number of fused-ring (bicyclic) bond motifs is 9. The molecule has 11 rings (SSSR count). The summed E-state index contributed by atoms with van der Waals surface area (Å²) in [6.07, 6.45) is 0. The molecule has 4 heterocycles. The Labute approximate surface area is 295 Å². The Balaban J connectivity index is 1.16. The normalized spacial score (nSPS) is 11.9. The fraction of sp³-hybridized carbons (Fsp3) is 0. The van der Waals surface area contributed by atoms with E-state index in [4.69, 9.17) is 19.4 Å². The minimum atomic E-state index is 0.602. The van der Waals surface area contributed by atoms with E-state index in [-0.39, 0.29) is 0 Å². The van der Waals surface area contributed by atoms with E-state index in [1.54, 1.807) is 11.3 Å². The molecule has 0 saturated carbocycles. The zero-order chi connectivity index (χ0) is 33.5. The molecule has 0 unspecified atom stereocenters. The molecule has 11 aromatic rings. The van der Waals surface area contributed by atoms with Crippen molar-refractivity contribution >= 4 is 75.3 Å². The van der Waals surface area contributed by atoms with Crippen LogP contribution in [0.3, 0.4) is 0 Å². The highest BCUT2D eigenvalue weighted by Gasteiger charge is 2.19. The molecule has 5 nitrogen and oxygen atoms in total. The molecule has 0 aliphatic rings. The van der Waals surface area contributed by atoms with Gasteiger partial charge in [0.2, 0.25) is 0 Å². The van der Waals surface area contributed by atoms with Gasteiger partial charge in [0, 0.05) is 64.1 Å². The summed E-state index contributed by atoms with van der Waals surface area (Å²) >= 11 is 1.80. The summed E-state index contributed by atoms with van der Waals surface area (Å²) in [5.41, 5.74) is 7.75. The van der Waals surface area contributed by atoms with Crippen LogP contribution >= 0.6 is 11.3 Å². The molecule has 0 bridgehead atoms. The van der Waals surface area contributed by atoms with E-state index in [9.17, 15) is 0 Å². The van der Waals surface area contributed by atoms with Crippen molar-refractivity contribution in [3.63, 3.8) is 0 Å². The Bertz CT molecular complexity index is 3120. The van der Waals surface area contributed by atoms with Gasteiger partial charge in [0.05, 0.1) is 11.0 Å². The third kappa shape index (κ3) is 4.37. The summed E-state index contributed by atoms with van der Waals surface area (Å²) in [7, 11) is 0. The second kappa shape index (κ2) is 10.9. The van der Waals surface area contributed by atoms with Crippen LogP contribution in [0.15, 0.2) is 162 Å². The highest BCUT2D eigenvalue weighted by molar-refractivity contribution is 7.25. The number of thiophene rings is 1. The summed E-state index contributed by atoms with van der Waals surface area (Å²) in [6.45, 7) is 0. The number of para-hydroxylation sites is 3. The molecule has 0 amide bonds. The lowest BCUT2D eigenvalue weighted by Gasteiger charge is -2.12. The van der Waals surface area contributed by atoms with E-state index in [1.165, 1.54) is 30.9 Å². The molecule has 0 saturated heterocycles. The van der Waals surface area contributed by atoms with Crippen LogP contribution in [0.5, 0.6) is 0 Å². The zero-order valence-corrected chi connectivity index (χ0v) is 27.9. The summed E-state index contributed by atoms with van der Waals surface area (Å²) < 4.78 is 11.1. The van der Waals surface area contributed by atoms with Crippen molar-refractivity contribution in [1.29, 1.82) is 0 Å². The first-order valence-corrected chi connectivity index (χ1v) is 17.8. The van der Waals surface area contributed by atoms with Crippen LogP contribution < -0.4 is 0 Å². The van der Waals surface area contributed by atoms with Gasteiger partial charge >= 0.3 is 0 Å². The molecule has 4 aromatic heterocycles. The van der Waals surface area contributed by atoms with Crippen LogP contribution in [0.1, 0.15) is 0 Å². The summed E-state index contributed by atoms with van der Waals surface area (Å²) in [5.74, 6) is 1.83. The maximum absolute atomic E-state index is 6.28. The van der Waals surface area contributed by atoms with Gasteiger partial charge in [0.15, 0.2) is 17.5 Å². The molecule has 6 heteroatoms. The Kier molecular flexibility index (Phi) is 6.05. The summed E-state index contributed by atoms with van der Waals surface area (Å²) in [5, 5.41) is 6.91. The highest BCUT2D eigenvalue weighted by Crippen LogP contribution is 2.39. The van der Waals surface area contributed by atoms with E-state index < -0.39 is 0 Å². The second-order valence-electron chi connectivity index (χ2n) is 12.8. The molecular formula is C45H26N4OS. The van der Waals surface area contributed by atoms with Crippen molar-refractivity contribution < 1.29 is 4.42 Å². The van der Waals surface area contributed by atoms with E-state index in [0.29, 0.717) is 17.5 Å². The van der Waals surface area contributed by atoms with Crippen molar-refractivity contribution in [3.05, 3.63) is 158 Å². The van der Waals surface area contributed by atoms with Crippen molar-refractivity contribution in [2.24, 2.45) is 0 Å². The van der Waals surface area contributed by atoms with Crippen LogP contribution in [-0.4, -0.2) is 19.5 Å². The highest BCUT2D eigenvalue weighted by atomic mass is 32.1. The predicted octanol–water partition coefficient (Wildman–Crippen LogP) is 12.2. The minimum absolute atomic E-state index is 0.602. The van der Waals surface area contributed by atoms with E-state index in [2.05, 4.69) is 132 Å². The average Bonchev–Trinajstić information content (AvgIpc) is 3.87. The molecule has 238 valence electrons. The molecule has 0 N–H and O–H groups in total. The molecule has 0 aliphatic carbocycles.